The molecule has 0 saturated carbocycles. The highest BCUT2D eigenvalue weighted by Gasteiger charge is 2.47. The third kappa shape index (κ3) is 2.64. The largest absolute Gasteiger partial charge is 0.411 e. The summed E-state index contributed by atoms with van der Waals surface area (Å²) in [5, 5.41) is 25.4. The number of rotatable bonds is 4. The van der Waals surface area contributed by atoms with E-state index < -0.39 is 0 Å². The summed E-state index contributed by atoms with van der Waals surface area (Å²) in [5.74, 6) is 0.984. The van der Waals surface area contributed by atoms with E-state index in [1.807, 2.05) is 0 Å². The Balaban J connectivity index is 1.36. The van der Waals surface area contributed by atoms with Gasteiger partial charge in [0.2, 0.25) is 0 Å². The number of hydrogen-bond acceptors (Lipinski definition) is 5. The van der Waals surface area contributed by atoms with E-state index >= 15 is 0 Å². The van der Waals surface area contributed by atoms with Gasteiger partial charge >= 0.3 is 0 Å². The van der Waals surface area contributed by atoms with Gasteiger partial charge in [-0.3, -0.25) is 13.7 Å². The molecule has 0 atom stereocenters. The van der Waals surface area contributed by atoms with Crippen LogP contribution in [0.3, 0.4) is 0 Å². The standard InChI is InChI=1S/C16H26N4O3/c21-17-15-9-19(5-1-13(15)2-6-19)11-23-12-20-7-3-14(4-8-20)16(10-20)18-22/h13-14H,1-12H2/p+2/b17-15-,18-16-. The van der Waals surface area contributed by atoms with Gasteiger partial charge in [0, 0.05) is 37.5 Å². The molecular weight excluding hydrogens is 296 g/mol. The van der Waals surface area contributed by atoms with Crippen molar-refractivity contribution in [3.05, 3.63) is 0 Å². The van der Waals surface area contributed by atoms with Gasteiger partial charge < -0.3 is 10.4 Å². The summed E-state index contributed by atoms with van der Waals surface area (Å²) in [6, 6.07) is 0. The van der Waals surface area contributed by atoms with Crippen LogP contribution >= 0.6 is 0 Å². The van der Waals surface area contributed by atoms with E-state index in [9.17, 15) is 10.4 Å². The molecule has 0 spiro atoms. The molecule has 0 amide bonds. The van der Waals surface area contributed by atoms with Crippen molar-refractivity contribution in [3.63, 3.8) is 0 Å². The Hall–Kier alpha value is -1.18. The molecule has 128 valence electrons. The number of piperidine rings is 6. The van der Waals surface area contributed by atoms with Crippen LogP contribution in [0.15, 0.2) is 10.3 Å². The highest BCUT2D eigenvalue weighted by Crippen LogP contribution is 2.34. The van der Waals surface area contributed by atoms with Gasteiger partial charge in [0.05, 0.1) is 26.2 Å². The molecule has 7 heteroatoms. The lowest BCUT2D eigenvalue weighted by molar-refractivity contribution is -0.979. The smallest absolute Gasteiger partial charge is 0.189 e. The average Bonchev–Trinajstić information content (AvgIpc) is 2.63. The lowest BCUT2D eigenvalue weighted by atomic mass is 9.84. The summed E-state index contributed by atoms with van der Waals surface area (Å²) in [6.45, 7) is 7.63. The Morgan fingerprint density at radius 3 is 1.52 bits per heavy atom. The third-order valence-corrected chi connectivity index (χ3v) is 6.73. The molecule has 2 N–H and O–H groups in total. The fourth-order valence-corrected chi connectivity index (χ4v) is 5.16. The van der Waals surface area contributed by atoms with Crippen LogP contribution in [-0.4, -0.2) is 83.5 Å². The second kappa shape index (κ2) is 5.72. The van der Waals surface area contributed by atoms with Gasteiger partial charge in [0.25, 0.3) is 0 Å². The molecule has 23 heavy (non-hydrogen) atoms. The van der Waals surface area contributed by atoms with Crippen molar-refractivity contribution in [2.75, 3.05) is 52.7 Å². The maximum atomic E-state index is 9.19. The summed E-state index contributed by atoms with van der Waals surface area (Å²) >= 11 is 0. The quantitative estimate of drug-likeness (QED) is 0.461. The van der Waals surface area contributed by atoms with Crippen LogP contribution in [0.4, 0.5) is 0 Å². The fourth-order valence-electron chi connectivity index (χ4n) is 5.16. The molecule has 0 aromatic heterocycles. The van der Waals surface area contributed by atoms with Gasteiger partial charge in [0.1, 0.15) is 24.5 Å². The Labute approximate surface area is 137 Å². The van der Waals surface area contributed by atoms with E-state index in [4.69, 9.17) is 4.74 Å². The molecule has 6 rings (SSSR count). The summed E-state index contributed by atoms with van der Waals surface area (Å²) in [4.78, 5) is 0. The molecule has 7 nitrogen and oxygen atoms in total. The van der Waals surface area contributed by atoms with Crippen LogP contribution in [0.5, 0.6) is 0 Å². The van der Waals surface area contributed by atoms with Gasteiger partial charge in [-0.25, -0.2) is 0 Å². The van der Waals surface area contributed by atoms with Crippen molar-refractivity contribution in [2.45, 2.75) is 25.7 Å². The minimum atomic E-state index is 0.492. The molecule has 4 bridgehead atoms. The first-order valence-corrected chi connectivity index (χ1v) is 8.87. The molecule has 6 aliphatic rings. The molecule has 0 unspecified atom stereocenters. The van der Waals surface area contributed by atoms with Crippen molar-refractivity contribution >= 4 is 11.4 Å². The van der Waals surface area contributed by atoms with Crippen LogP contribution in [0, 0.1) is 11.8 Å². The predicted molar refractivity (Wildman–Crippen MR) is 84.4 cm³/mol. The summed E-state index contributed by atoms with van der Waals surface area (Å²) in [5.41, 5.74) is 1.93. The first-order chi connectivity index (χ1) is 11.2. The Kier molecular flexibility index (Phi) is 3.82. The Morgan fingerprint density at radius 2 is 1.17 bits per heavy atom. The monoisotopic (exact) mass is 324 g/mol. The molecule has 6 saturated heterocycles. The maximum absolute atomic E-state index is 9.19. The predicted octanol–water partition coefficient (Wildman–Crippen LogP) is 1.06. The number of ether oxygens (including phenoxy) is 1. The first kappa shape index (κ1) is 15.4. The van der Waals surface area contributed by atoms with Crippen LogP contribution in [0.1, 0.15) is 25.7 Å². The van der Waals surface area contributed by atoms with Gasteiger partial charge in [0.15, 0.2) is 13.5 Å². The van der Waals surface area contributed by atoms with Gasteiger partial charge in [-0.1, -0.05) is 10.3 Å². The number of oxime groups is 2. The summed E-state index contributed by atoms with van der Waals surface area (Å²) in [7, 11) is 0. The third-order valence-electron chi connectivity index (χ3n) is 6.73. The lowest BCUT2D eigenvalue weighted by Gasteiger charge is -2.50. The second-order valence-corrected chi connectivity index (χ2v) is 8.09. The molecule has 6 fully saturated rings. The molecule has 0 aromatic carbocycles. The average molecular weight is 324 g/mol. The van der Waals surface area contributed by atoms with Crippen LogP contribution in [0.25, 0.3) is 0 Å². The van der Waals surface area contributed by atoms with Crippen LogP contribution in [0.2, 0.25) is 0 Å². The summed E-state index contributed by atoms with van der Waals surface area (Å²) in [6.07, 6.45) is 4.47. The summed E-state index contributed by atoms with van der Waals surface area (Å²) < 4.78 is 8.04. The molecule has 6 aliphatic heterocycles. The second-order valence-electron chi connectivity index (χ2n) is 8.09. The van der Waals surface area contributed by atoms with Crippen molar-refractivity contribution in [3.8, 4) is 0 Å². The number of hydrogen-bond donors (Lipinski definition) is 2. The Morgan fingerprint density at radius 1 is 0.783 bits per heavy atom. The van der Waals surface area contributed by atoms with Crippen molar-refractivity contribution in [1.82, 2.24) is 0 Å². The van der Waals surface area contributed by atoms with Gasteiger partial charge in [-0.15, -0.1) is 0 Å². The zero-order valence-corrected chi connectivity index (χ0v) is 13.7. The Bertz CT molecular complexity index is 471. The topological polar surface area (TPSA) is 74.4 Å². The van der Waals surface area contributed by atoms with E-state index in [0.29, 0.717) is 25.3 Å². The van der Waals surface area contributed by atoms with E-state index in [-0.39, 0.29) is 0 Å². The van der Waals surface area contributed by atoms with E-state index in [2.05, 4.69) is 10.3 Å². The van der Waals surface area contributed by atoms with Gasteiger partial charge in [-0.05, 0) is 0 Å². The maximum Gasteiger partial charge on any atom is 0.189 e. The fraction of sp³-hybridized carbons (Fsp3) is 0.875. The highest BCUT2D eigenvalue weighted by molar-refractivity contribution is 5.88. The molecule has 6 heterocycles. The molecule has 0 radical (unpaired) electrons. The van der Waals surface area contributed by atoms with Gasteiger partial charge in [-0.2, -0.15) is 0 Å². The molecule has 0 aliphatic carbocycles. The van der Waals surface area contributed by atoms with Crippen molar-refractivity contribution < 1.29 is 24.1 Å². The molecule has 0 aromatic rings. The zero-order chi connectivity index (χ0) is 15.9. The minimum Gasteiger partial charge on any atom is -0.411 e. The normalized spacial score (nSPS) is 45.9. The number of fused-ring (bicyclic) bond motifs is 6. The van der Waals surface area contributed by atoms with E-state index in [1.165, 1.54) is 0 Å². The van der Waals surface area contributed by atoms with Crippen molar-refractivity contribution in [2.24, 2.45) is 22.1 Å². The lowest BCUT2D eigenvalue weighted by Crippen LogP contribution is -2.65. The van der Waals surface area contributed by atoms with E-state index in [1.54, 1.807) is 0 Å². The zero-order valence-electron chi connectivity index (χ0n) is 13.7. The molecular formula is C16H28N4O3+2. The minimum absolute atomic E-state index is 0.492. The SMILES string of the molecule is O/N=C1/C[N+]2(COC[N+]34CCC(CC3)/C(=N\O)C4)CCC1CC2. The number of nitrogens with zero attached hydrogens (tertiary/aromatic N) is 4. The number of quaternary nitrogens is 2. The van der Waals surface area contributed by atoms with Crippen LogP contribution < -0.4 is 0 Å². The van der Waals surface area contributed by atoms with E-state index in [0.717, 1.165) is 85.3 Å². The van der Waals surface area contributed by atoms with Crippen LogP contribution in [-0.2, 0) is 4.74 Å². The highest BCUT2D eigenvalue weighted by atomic mass is 16.5. The van der Waals surface area contributed by atoms with Crippen molar-refractivity contribution in [1.29, 1.82) is 0 Å². The first-order valence-electron chi connectivity index (χ1n) is 8.87.